The first-order valence-corrected chi connectivity index (χ1v) is 48.4. The summed E-state index contributed by atoms with van der Waals surface area (Å²) in [5, 5.41) is 19.3. The maximum absolute atomic E-state index is 4.25. The van der Waals surface area contributed by atoms with Gasteiger partial charge < -0.3 is 0 Å². The number of hydrogen-bond acceptors (Lipinski definition) is 0. The van der Waals surface area contributed by atoms with Crippen molar-refractivity contribution < 1.29 is 0 Å². The fraction of sp³-hybridized carbons (Fsp3) is 0.360. The minimum atomic E-state index is -2.18. The molecule has 0 aliphatic carbocycles. The molecule has 0 spiro atoms. The second-order valence-corrected chi connectivity index (χ2v) is 56.9. The zero-order chi connectivity index (χ0) is 74.8. The van der Waals surface area contributed by atoms with Gasteiger partial charge in [-0.2, -0.15) is 0 Å². The second-order valence-electron chi connectivity index (χ2n) is 34.6. The lowest BCUT2D eigenvalue weighted by Crippen LogP contribution is -2.43. The molecule has 12 aromatic rings. The molecule has 0 saturated carbocycles. The maximum atomic E-state index is 4.25. The van der Waals surface area contributed by atoms with E-state index in [1.54, 1.807) is 0 Å². The molecule has 0 unspecified atom stereocenters. The average Bonchev–Trinajstić information content (AvgIpc) is 0.729. The van der Waals surface area contributed by atoms with Gasteiger partial charge in [0, 0.05) is 22.3 Å². The zero-order valence-corrected chi connectivity index (χ0v) is 71.2. The van der Waals surface area contributed by atoms with E-state index >= 15 is 0 Å². The van der Waals surface area contributed by atoms with Crippen molar-refractivity contribution in [3.8, 4) is 79.2 Å². The van der Waals surface area contributed by atoms with Gasteiger partial charge in [-0.25, -0.2) is 0 Å². The highest BCUT2D eigenvalue weighted by Crippen LogP contribution is 2.49. The topological polar surface area (TPSA) is 0 Å². The van der Waals surface area contributed by atoms with Gasteiger partial charge in [0.05, 0.1) is 0 Å². The molecule has 0 nitrogen and oxygen atoms in total. The van der Waals surface area contributed by atoms with Crippen LogP contribution < -0.4 is 0 Å². The number of benzene rings is 12. The predicted molar refractivity (Wildman–Crippen MR) is 475 cm³/mol. The van der Waals surface area contributed by atoms with E-state index in [2.05, 4.69) is 394 Å². The van der Waals surface area contributed by atoms with Crippen LogP contribution >= 0.6 is 0 Å². The molecule has 0 aliphatic heterocycles. The maximum Gasteiger partial charge on any atom is 0.146 e. The number of hydrogen-bond donors (Lipinski definition) is 0. The highest BCUT2D eigenvalue weighted by atomic mass is 28.3. The van der Waals surface area contributed by atoms with Gasteiger partial charge in [0.15, 0.2) is 0 Å². The van der Waals surface area contributed by atoms with Crippen LogP contribution in [0.4, 0.5) is 0 Å². The normalized spacial score (nSPS) is 12.8. The summed E-state index contributed by atoms with van der Waals surface area (Å²) >= 11 is 0. The Morgan fingerprint density at radius 1 is 0.183 bits per heavy atom. The Kier molecular flexibility index (Phi) is 21.5. The lowest BCUT2D eigenvalue weighted by atomic mass is 9.86. The molecule has 0 fully saturated rings. The fourth-order valence-electron chi connectivity index (χ4n) is 20.5. The van der Waals surface area contributed by atoms with Gasteiger partial charge in [-0.05, 0) is 247 Å². The van der Waals surface area contributed by atoms with Crippen LogP contribution in [0, 0.1) is 45.9 Å². The van der Waals surface area contributed by atoms with Crippen LogP contribution in [0.1, 0.15) is 188 Å². The first kappa shape index (κ1) is 75.5. The van der Waals surface area contributed by atoms with Gasteiger partial charge >= 0.3 is 0 Å². The first-order valence-electron chi connectivity index (χ1n) is 39.5. The van der Waals surface area contributed by atoms with Crippen LogP contribution in [-0.4, -0.2) is 32.3 Å². The number of fused-ring (bicyclic) bond motifs is 8. The van der Waals surface area contributed by atoms with E-state index in [0.717, 1.165) is 22.3 Å². The molecular weight excluding hydrogens is 1310 g/mol. The molecule has 4 heteroatoms. The minimum absolute atomic E-state index is 0.494. The molecule has 0 N–H and O–H groups in total. The van der Waals surface area contributed by atoms with Gasteiger partial charge in [-0.3, -0.25) is 0 Å². The van der Waals surface area contributed by atoms with E-state index in [1.165, 1.54) is 120 Å². The van der Waals surface area contributed by atoms with Gasteiger partial charge in [0.25, 0.3) is 0 Å². The largest absolute Gasteiger partial charge is 0.146 e. The molecule has 12 aromatic carbocycles. The summed E-state index contributed by atoms with van der Waals surface area (Å²) in [6.45, 7) is 58.4. The zero-order valence-electron chi connectivity index (χ0n) is 67.2. The Bertz CT molecular complexity index is 5160. The second kappa shape index (κ2) is 29.6. The molecule has 530 valence electrons. The summed E-state index contributed by atoms with van der Waals surface area (Å²) < 4.78 is 0. The summed E-state index contributed by atoms with van der Waals surface area (Å²) in [7, 11) is -8.66. The standard InChI is InChI=1S/C100H114Si4/c1-63(2)101(64(3)4,65(5)6)49-45-89-93-55-75-33-25-27-35-77(75)57-95(93)91(47-51-103(69(13)14,70(15)16)71(17)18)99-61-83-53-81(43-41-79(83)59-97(89)99)85-37-29-31-39-87(85)88-40-32-30-38-86(88)82-44-42-80-60-98-90(46-50-102(66(7)8,67(9)10)68(11)12)94-56-76-34-26-28-36-78(76)58-96(94)92(100(98)62-84(80)54-82)48-52-104(72(19)20,73(21)22)74(23)24/h25-44,53-74H,1-24H3. The molecule has 0 saturated heterocycles. The molecule has 12 rings (SSSR count). The van der Waals surface area contributed by atoms with Crippen molar-refractivity contribution in [1.29, 1.82) is 0 Å². The van der Waals surface area contributed by atoms with Gasteiger partial charge in [-0.1, -0.05) is 311 Å². The highest BCUT2D eigenvalue weighted by Gasteiger charge is 2.45. The Morgan fingerprint density at radius 3 is 0.558 bits per heavy atom. The summed E-state index contributed by atoms with van der Waals surface area (Å²) in [5.41, 5.74) is 34.6. The van der Waals surface area contributed by atoms with E-state index < -0.39 is 32.3 Å². The van der Waals surface area contributed by atoms with Gasteiger partial charge in [0.2, 0.25) is 0 Å². The van der Waals surface area contributed by atoms with Crippen molar-refractivity contribution in [2.24, 2.45) is 0 Å². The van der Waals surface area contributed by atoms with E-state index in [1.807, 2.05) is 0 Å². The Hall–Kier alpha value is -8.17. The molecule has 0 atom stereocenters. The molecule has 0 amide bonds. The molecular formula is C100H114Si4. The summed E-state index contributed by atoms with van der Waals surface area (Å²) in [6, 6.07) is 69.9. The molecule has 0 radical (unpaired) electrons. The highest BCUT2D eigenvalue weighted by molar-refractivity contribution is 6.92. The predicted octanol–water partition coefficient (Wildman–Crippen LogP) is 30.2. The van der Waals surface area contributed by atoms with Crippen molar-refractivity contribution in [3.05, 3.63) is 204 Å². The van der Waals surface area contributed by atoms with Crippen molar-refractivity contribution in [1.82, 2.24) is 0 Å². The quantitative estimate of drug-likeness (QED) is 0.0545. The van der Waals surface area contributed by atoms with Crippen molar-refractivity contribution in [2.75, 3.05) is 0 Å². The Balaban J connectivity index is 1.09. The molecule has 0 bridgehead atoms. The monoisotopic (exact) mass is 1430 g/mol. The summed E-state index contributed by atoms with van der Waals surface area (Å²) in [4.78, 5) is 0. The molecule has 0 heterocycles. The smallest absolute Gasteiger partial charge is 0.125 e. The third kappa shape index (κ3) is 13.0. The summed E-state index contributed by atoms with van der Waals surface area (Å²) in [6.07, 6.45) is 0. The minimum Gasteiger partial charge on any atom is -0.125 e. The Labute approximate surface area is 630 Å². The summed E-state index contributed by atoms with van der Waals surface area (Å²) in [5.74, 6) is 16.5. The molecule has 0 aliphatic rings. The number of rotatable bonds is 15. The lowest BCUT2D eigenvalue weighted by molar-refractivity contribution is 0.838. The fourth-order valence-corrected chi connectivity index (χ4v) is 41.4. The van der Waals surface area contributed by atoms with Gasteiger partial charge in [0.1, 0.15) is 32.3 Å². The van der Waals surface area contributed by atoms with Crippen molar-refractivity contribution in [2.45, 2.75) is 233 Å². The van der Waals surface area contributed by atoms with Crippen LogP contribution in [-0.2, 0) is 0 Å². The van der Waals surface area contributed by atoms with Gasteiger partial charge in [-0.15, -0.1) is 22.2 Å². The van der Waals surface area contributed by atoms with E-state index in [0.29, 0.717) is 66.5 Å². The third-order valence-corrected chi connectivity index (χ3v) is 50.9. The lowest BCUT2D eigenvalue weighted by Gasteiger charge is -2.38. The average molecular weight is 1430 g/mol. The van der Waals surface area contributed by atoms with E-state index in [9.17, 15) is 0 Å². The SMILES string of the molecule is CC(C)[Si](C#Cc1c2cc3ccccc3cc2c(C#C[Si](C(C)C)(C(C)C)C(C)C)c2cc3cc(-c4ccccc4-c4ccccc4-c4ccc5cc6c(C#C[Si](C(C)C)(C(C)C)C(C)C)c7cc8ccccc8cc7c(C#C[Si](C(C)C)(C(C)C)C(C)C)c6cc5c4)ccc3cc12)(C(C)C)C(C)C. The van der Waals surface area contributed by atoms with Crippen LogP contribution in [0.2, 0.25) is 66.5 Å². The third-order valence-electron chi connectivity index (χ3n) is 25.7. The van der Waals surface area contributed by atoms with Crippen LogP contribution in [0.5, 0.6) is 0 Å². The van der Waals surface area contributed by atoms with Crippen LogP contribution in [0.25, 0.3) is 120 Å². The molecule has 104 heavy (non-hydrogen) atoms. The molecule has 0 aromatic heterocycles. The van der Waals surface area contributed by atoms with E-state index in [-0.39, 0.29) is 0 Å². The van der Waals surface area contributed by atoms with Crippen LogP contribution in [0.3, 0.4) is 0 Å². The van der Waals surface area contributed by atoms with Crippen molar-refractivity contribution >= 4 is 118 Å². The van der Waals surface area contributed by atoms with Crippen molar-refractivity contribution in [3.63, 3.8) is 0 Å². The van der Waals surface area contributed by atoms with Crippen LogP contribution in [0.15, 0.2) is 182 Å². The first-order chi connectivity index (χ1) is 49.4. The Morgan fingerprint density at radius 2 is 0.356 bits per heavy atom. The van der Waals surface area contributed by atoms with E-state index in [4.69, 9.17) is 0 Å².